The van der Waals surface area contributed by atoms with Crippen molar-refractivity contribution >= 4 is 11.8 Å². The Morgan fingerprint density at radius 3 is 2.65 bits per heavy atom. The molecule has 4 aromatic rings. The highest BCUT2D eigenvalue weighted by molar-refractivity contribution is 5.76. The average Bonchev–Trinajstić information content (AvgIpc) is 3.28. The van der Waals surface area contributed by atoms with Gasteiger partial charge in [-0.05, 0) is 31.9 Å². The number of para-hydroxylation sites is 2. The Hall–Kier alpha value is -4.07. The SMILES string of the molecule is CCOc1ccccc1OC1CCCN(c2cncc(-c3oc(N)nc3-c3ccccc3)n2)C1. The minimum absolute atomic E-state index is 0.0154. The fourth-order valence-electron chi connectivity index (χ4n) is 4.16. The summed E-state index contributed by atoms with van der Waals surface area (Å²) in [4.78, 5) is 15.9. The highest BCUT2D eigenvalue weighted by Gasteiger charge is 2.25. The van der Waals surface area contributed by atoms with Crippen molar-refractivity contribution in [2.45, 2.75) is 25.9 Å². The van der Waals surface area contributed by atoms with E-state index >= 15 is 0 Å². The van der Waals surface area contributed by atoms with Crippen LogP contribution in [0.4, 0.5) is 11.8 Å². The molecule has 2 N–H and O–H groups in total. The van der Waals surface area contributed by atoms with Gasteiger partial charge >= 0.3 is 0 Å². The van der Waals surface area contributed by atoms with Crippen molar-refractivity contribution in [2.75, 3.05) is 30.3 Å². The largest absolute Gasteiger partial charge is 0.490 e. The van der Waals surface area contributed by atoms with Crippen LogP contribution in [0.15, 0.2) is 71.4 Å². The summed E-state index contributed by atoms with van der Waals surface area (Å²) in [5, 5.41) is 0. The maximum Gasteiger partial charge on any atom is 0.293 e. The van der Waals surface area contributed by atoms with Crippen LogP contribution in [-0.4, -0.2) is 40.8 Å². The molecule has 0 aliphatic carbocycles. The molecule has 0 bridgehead atoms. The first-order valence-corrected chi connectivity index (χ1v) is 11.5. The summed E-state index contributed by atoms with van der Waals surface area (Å²) in [6.07, 6.45) is 5.40. The van der Waals surface area contributed by atoms with Crippen molar-refractivity contribution in [2.24, 2.45) is 0 Å². The molecule has 174 valence electrons. The third-order valence-corrected chi connectivity index (χ3v) is 5.69. The minimum atomic E-state index is 0.0154. The van der Waals surface area contributed by atoms with E-state index in [-0.39, 0.29) is 12.1 Å². The maximum absolute atomic E-state index is 6.33. The number of hydrogen-bond acceptors (Lipinski definition) is 8. The molecule has 5 rings (SSSR count). The molecule has 0 radical (unpaired) electrons. The molecular formula is C26H27N5O3. The zero-order chi connectivity index (χ0) is 23.3. The van der Waals surface area contributed by atoms with Crippen LogP contribution >= 0.6 is 0 Å². The lowest BCUT2D eigenvalue weighted by Gasteiger charge is -2.33. The van der Waals surface area contributed by atoms with E-state index in [1.165, 1.54) is 0 Å². The molecule has 0 spiro atoms. The van der Waals surface area contributed by atoms with E-state index in [4.69, 9.17) is 24.6 Å². The van der Waals surface area contributed by atoms with Crippen LogP contribution in [0.2, 0.25) is 0 Å². The zero-order valence-corrected chi connectivity index (χ0v) is 19.1. The van der Waals surface area contributed by atoms with Gasteiger partial charge in [-0.3, -0.25) is 4.98 Å². The second-order valence-electron chi connectivity index (χ2n) is 8.07. The van der Waals surface area contributed by atoms with Crippen molar-refractivity contribution in [3.8, 4) is 34.2 Å². The molecule has 2 aromatic heterocycles. The molecule has 0 saturated carbocycles. The van der Waals surface area contributed by atoms with E-state index < -0.39 is 0 Å². The number of hydrogen-bond donors (Lipinski definition) is 1. The van der Waals surface area contributed by atoms with Gasteiger partial charge in [-0.2, -0.15) is 4.98 Å². The van der Waals surface area contributed by atoms with Gasteiger partial charge in [0.2, 0.25) is 0 Å². The van der Waals surface area contributed by atoms with E-state index in [2.05, 4.69) is 14.9 Å². The molecule has 2 aromatic carbocycles. The molecule has 3 heterocycles. The van der Waals surface area contributed by atoms with Crippen molar-refractivity contribution in [3.05, 3.63) is 67.0 Å². The third kappa shape index (κ3) is 4.66. The smallest absolute Gasteiger partial charge is 0.293 e. The fraction of sp³-hybridized carbons (Fsp3) is 0.269. The van der Waals surface area contributed by atoms with Crippen LogP contribution in [-0.2, 0) is 0 Å². The van der Waals surface area contributed by atoms with Gasteiger partial charge in [0.25, 0.3) is 6.01 Å². The third-order valence-electron chi connectivity index (χ3n) is 5.69. The predicted octanol–water partition coefficient (Wildman–Crippen LogP) is 4.83. The maximum atomic E-state index is 6.33. The van der Waals surface area contributed by atoms with Gasteiger partial charge < -0.3 is 24.5 Å². The van der Waals surface area contributed by atoms with E-state index in [1.54, 1.807) is 12.4 Å². The first-order chi connectivity index (χ1) is 16.7. The van der Waals surface area contributed by atoms with E-state index in [9.17, 15) is 0 Å². The number of nitrogens with two attached hydrogens (primary N) is 1. The fourth-order valence-corrected chi connectivity index (χ4v) is 4.16. The molecule has 1 unspecified atom stereocenters. The summed E-state index contributed by atoms with van der Waals surface area (Å²) in [5.74, 6) is 2.80. The molecule has 1 aliphatic rings. The van der Waals surface area contributed by atoms with Crippen LogP contribution < -0.4 is 20.1 Å². The Morgan fingerprint density at radius 2 is 1.82 bits per heavy atom. The number of oxazole rings is 1. The second-order valence-corrected chi connectivity index (χ2v) is 8.07. The Kier molecular flexibility index (Phi) is 6.29. The lowest BCUT2D eigenvalue weighted by Crippen LogP contribution is -2.41. The Bertz CT molecular complexity index is 1240. The van der Waals surface area contributed by atoms with Crippen molar-refractivity contribution in [1.29, 1.82) is 0 Å². The molecule has 0 amide bonds. The molecule has 8 heteroatoms. The Morgan fingerprint density at radius 1 is 1.03 bits per heavy atom. The van der Waals surface area contributed by atoms with Crippen LogP contribution in [0.25, 0.3) is 22.7 Å². The van der Waals surface area contributed by atoms with Crippen LogP contribution in [0.1, 0.15) is 19.8 Å². The number of nitrogens with zero attached hydrogens (tertiary/aromatic N) is 4. The van der Waals surface area contributed by atoms with Gasteiger partial charge in [0.1, 0.15) is 23.3 Å². The molecular weight excluding hydrogens is 430 g/mol. The van der Waals surface area contributed by atoms with E-state index in [0.29, 0.717) is 30.3 Å². The molecule has 8 nitrogen and oxygen atoms in total. The first-order valence-electron chi connectivity index (χ1n) is 11.5. The van der Waals surface area contributed by atoms with Gasteiger partial charge in [0.05, 0.1) is 25.5 Å². The normalized spacial score (nSPS) is 15.8. The minimum Gasteiger partial charge on any atom is -0.490 e. The monoisotopic (exact) mass is 457 g/mol. The zero-order valence-electron chi connectivity index (χ0n) is 19.1. The number of piperidine rings is 1. The van der Waals surface area contributed by atoms with Gasteiger partial charge in [-0.1, -0.05) is 42.5 Å². The summed E-state index contributed by atoms with van der Waals surface area (Å²) in [6.45, 7) is 4.13. The van der Waals surface area contributed by atoms with Gasteiger partial charge in [0.15, 0.2) is 17.3 Å². The van der Waals surface area contributed by atoms with Crippen molar-refractivity contribution < 1.29 is 13.9 Å². The number of nitrogen functional groups attached to an aromatic ring is 1. The first kappa shape index (κ1) is 21.8. The number of ether oxygens (including phenoxy) is 2. The van der Waals surface area contributed by atoms with Gasteiger partial charge in [0, 0.05) is 12.1 Å². The van der Waals surface area contributed by atoms with Crippen molar-refractivity contribution in [3.63, 3.8) is 0 Å². The Balaban J connectivity index is 1.37. The van der Waals surface area contributed by atoms with Crippen molar-refractivity contribution in [1.82, 2.24) is 15.0 Å². The highest BCUT2D eigenvalue weighted by Crippen LogP contribution is 2.34. The molecule has 34 heavy (non-hydrogen) atoms. The standard InChI is InChI=1S/C26H27N5O3/c1-2-32-21-12-6-7-13-22(21)33-19-11-8-14-31(17-19)23-16-28-15-20(29-23)25-24(30-26(27)34-25)18-9-4-3-5-10-18/h3-7,9-10,12-13,15-16,19H,2,8,11,14,17H2,1H3,(H2,27,30). The predicted molar refractivity (Wildman–Crippen MR) is 131 cm³/mol. The summed E-state index contributed by atoms with van der Waals surface area (Å²) in [5.41, 5.74) is 8.04. The van der Waals surface area contributed by atoms with E-state index in [0.717, 1.165) is 42.3 Å². The van der Waals surface area contributed by atoms with Gasteiger partial charge in [-0.15, -0.1) is 0 Å². The average molecular weight is 458 g/mol. The summed E-state index contributed by atoms with van der Waals surface area (Å²) in [6, 6.07) is 17.7. The Labute approximate surface area is 198 Å². The lowest BCUT2D eigenvalue weighted by molar-refractivity contribution is 0.170. The quantitative estimate of drug-likeness (QED) is 0.421. The number of anilines is 2. The molecule has 1 saturated heterocycles. The molecule has 1 fully saturated rings. The highest BCUT2D eigenvalue weighted by atomic mass is 16.5. The van der Waals surface area contributed by atoms with Crippen LogP contribution in [0.3, 0.4) is 0 Å². The van der Waals surface area contributed by atoms with Gasteiger partial charge in [-0.25, -0.2) is 4.98 Å². The van der Waals surface area contributed by atoms with Crippen LogP contribution in [0.5, 0.6) is 11.5 Å². The van der Waals surface area contributed by atoms with Crippen LogP contribution in [0, 0.1) is 0 Å². The second kappa shape index (κ2) is 9.82. The molecule has 1 aliphatic heterocycles. The lowest BCUT2D eigenvalue weighted by atomic mass is 10.1. The number of benzene rings is 2. The summed E-state index contributed by atoms with van der Waals surface area (Å²) >= 11 is 0. The summed E-state index contributed by atoms with van der Waals surface area (Å²) < 4.78 is 17.8. The summed E-state index contributed by atoms with van der Waals surface area (Å²) in [7, 11) is 0. The molecule has 1 atom stereocenters. The number of aromatic nitrogens is 3. The van der Waals surface area contributed by atoms with E-state index in [1.807, 2.05) is 61.5 Å². The topological polar surface area (TPSA) is 99.5 Å². The number of rotatable bonds is 7.